The topological polar surface area (TPSA) is 47.6 Å². The summed E-state index contributed by atoms with van der Waals surface area (Å²) in [6, 6.07) is 15.3. The highest BCUT2D eigenvalue weighted by molar-refractivity contribution is 5.92. The molecular formula is C21H25NO3. The van der Waals surface area contributed by atoms with E-state index in [1.165, 1.54) is 0 Å². The summed E-state index contributed by atoms with van der Waals surface area (Å²) in [4.78, 5) is 12.3. The highest BCUT2D eigenvalue weighted by Gasteiger charge is 2.17. The van der Waals surface area contributed by atoms with E-state index >= 15 is 0 Å². The Labute approximate surface area is 149 Å². The minimum atomic E-state index is -0.127. The van der Waals surface area contributed by atoms with Crippen LogP contribution in [0.1, 0.15) is 31.0 Å². The lowest BCUT2D eigenvalue weighted by Gasteiger charge is -2.22. The van der Waals surface area contributed by atoms with Crippen molar-refractivity contribution in [1.29, 1.82) is 0 Å². The predicted molar refractivity (Wildman–Crippen MR) is 101 cm³/mol. The molecule has 0 radical (unpaired) electrons. The second-order valence-electron chi connectivity index (χ2n) is 6.11. The smallest absolute Gasteiger partial charge is 0.244 e. The van der Waals surface area contributed by atoms with E-state index in [1.54, 1.807) is 26.4 Å². The first kappa shape index (κ1) is 18.6. The van der Waals surface area contributed by atoms with E-state index in [2.05, 4.69) is 19.2 Å². The quantitative estimate of drug-likeness (QED) is 0.768. The molecule has 0 aliphatic heterocycles. The number of carbonyl (C=O) groups is 1. The number of benzene rings is 2. The molecular weight excluding hydrogens is 314 g/mol. The van der Waals surface area contributed by atoms with Crippen molar-refractivity contribution in [3.63, 3.8) is 0 Å². The average Bonchev–Trinajstić information content (AvgIpc) is 2.64. The second-order valence-corrected chi connectivity index (χ2v) is 6.11. The van der Waals surface area contributed by atoms with Crippen LogP contribution in [0.5, 0.6) is 11.5 Å². The standard InChI is InChI=1S/C21H25NO3/c1-15(2)21(17-9-11-18(24-3)12-10-17)22-20(23)13-8-16-6-5-7-19(14-16)25-4/h5-15,21H,1-4H3,(H,22,23)/b13-8+. The van der Waals surface area contributed by atoms with E-state index in [0.29, 0.717) is 0 Å². The molecule has 0 aromatic heterocycles. The van der Waals surface area contributed by atoms with Gasteiger partial charge in [-0.05, 0) is 47.4 Å². The van der Waals surface area contributed by atoms with Gasteiger partial charge in [-0.3, -0.25) is 4.79 Å². The summed E-state index contributed by atoms with van der Waals surface area (Å²) < 4.78 is 10.4. The Balaban J connectivity index is 2.07. The maximum absolute atomic E-state index is 12.3. The van der Waals surface area contributed by atoms with Crippen molar-refractivity contribution in [2.24, 2.45) is 5.92 Å². The number of ether oxygens (including phenoxy) is 2. The van der Waals surface area contributed by atoms with Crippen LogP contribution in [0.15, 0.2) is 54.6 Å². The van der Waals surface area contributed by atoms with Crippen LogP contribution >= 0.6 is 0 Å². The van der Waals surface area contributed by atoms with Gasteiger partial charge >= 0.3 is 0 Å². The molecule has 0 saturated carbocycles. The van der Waals surface area contributed by atoms with E-state index in [-0.39, 0.29) is 17.9 Å². The SMILES string of the molecule is COc1ccc(C(NC(=O)/C=C/c2cccc(OC)c2)C(C)C)cc1. The molecule has 25 heavy (non-hydrogen) atoms. The largest absolute Gasteiger partial charge is 0.497 e. The Bertz CT molecular complexity index is 720. The number of nitrogens with one attached hydrogen (secondary N) is 1. The zero-order valence-electron chi connectivity index (χ0n) is 15.2. The Kier molecular flexibility index (Phi) is 6.63. The van der Waals surface area contributed by atoms with Gasteiger partial charge in [0.15, 0.2) is 0 Å². The molecule has 1 amide bonds. The maximum atomic E-state index is 12.3. The number of methoxy groups -OCH3 is 2. The number of hydrogen-bond donors (Lipinski definition) is 1. The molecule has 0 aliphatic carbocycles. The van der Waals surface area contributed by atoms with Gasteiger partial charge in [-0.1, -0.05) is 38.1 Å². The van der Waals surface area contributed by atoms with Crippen LogP contribution in [-0.2, 0) is 4.79 Å². The van der Waals surface area contributed by atoms with Crippen LogP contribution in [0, 0.1) is 5.92 Å². The third-order valence-corrected chi connectivity index (χ3v) is 3.96. The third kappa shape index (κ3) is 5.38. The predicted octanol–water partition coefficient (Wildman–Crippen LogP) is 4.23. The highest BCUT2D eigenvalue weighted by Crippen LogP contribution is 2.24. The first-order chi connectivity index (χ1) is 12.0. The minimum absolute atomic E-state index is 0.0617. The Hall–Kier alpha value is -2.75. The molecule has 1 unspecified atom stereocenters. The fourth-order valence-corrected chi connectivity index (χ4v) is 2.56. The fourth-order valence-electron chi connectivity index (χ4n) is 2.56. The molecule has 2 aromatic rings. The van der Waals surface area contributed by atoms with Crippen LogP contribution in [0.2, 0.25) is 0 Å². The van der Waals surface area contributed by atoms with Crippen molar-refractivity contribution in [3.05, 3.63) is 65.7 Å². The van der Waals surface area contributed by atoms with E-state index in [9.17, 15) is 4.79 Å². The van der Waals surface area contributed by atoms with Gasteiger partial charge in [-0.25, -0.2) is 0 Å². The van der Waals surface area contributed by atoms with Gasteiger partial charge in [0.05, 0.1) is 20.3 Å². The van der Waals surface area contributed by atoms with Gasteiger partial charge in [-0.15, -0.1) is 0 Å². The van der Waals surface area contributed by atoms with Crippen molar-refractivity contribution in [1.82, 2.24) is 5.32 Å². The number of carbonyl (C=O) groups excluding carboxylic acids is 1. The van der Waals surface area contributed by atoms with E-state index in [1.807, 2.05) is 48.5 Å². The van der Waals surface area contributed by atoms with Crippen LogP contribution in [0.25, 0.3) is 6.08 Å². The van der Waals surface area contributed by atoms with Gasteiger partial charge < -0.3 is 14.8 Å². The van der Waals surface area contributed by atoms with Gasteiger partial charge in [0, 0.05) is 6.08 Å². The zero-order chi connectivity index (χ0) is 18.2. The number of rotatable bonds is 7. The molecule has 0 aliphatic rings. The number of amides is 1. The Morgan fingerprint density at radius 2 is 1.68 bits per heavy atom. The summed E-state index contributed by atoms with van der Waals surface area (Å²) in [6.45, 7) is 4.17. The first-order valence-corrected chi connectivity index (χ1v) is 8.30. The third-order valence-electron chi connectivity index (χ3n) is 3.96. The molecule has 1 N–H and O–H groups in total. The monoisotopic (exact) mass is 339 g/mol. The zero-order valence-corrected chi connectivity index (χ0v) is 15.2. The molecule has 0 bridgehead atoms. The van der Waals surface area contributed by atoms with Gasteiger partial charge in [0.1, 0.15) is 11.5 Å². The molecule has 2 aromatic carbocycles. The van der Waals surface area contributed by atoms with Crippen LogP contribution in [0.4, 0.5) is 0 Å². The lowest BCUT2D eigenvalue weighted by molar-refractivity contribution is -0.117. The summed E-state index contributed by atoms with van der Waals surface area (Å²) in [5.41, 5.74) is 1.97. The van der Waals surface area contributed by atoms with Gasteiger partial charge in [-0.2, -0.15) is 0 Å². The summed E-state index contributed by atoms with van der Waals surface area (Å²) in [6.07, 6.45) is 3.33. The minimum Gasteiger partial charge on any atom is -0.497 e. The molecule has 4 nitrogen and oxygen atoms in total. The van der Waals surface area contributed by atoms with Crippen LogP contribution in [0.3, 0.4) is 0 Å². The van der Waals surface area contributed by atoms with Crippen molar-refractivity contribution in [2.45, 2.75) is 19.9 Å². The summed E-state index contributed by atoms with van der Waals surface area (Å²) >= 11 is 0. The number of hydrogen-bond acceptors (Lipinski definition) is 3. The van der Waals surface area contributed by atoms with Crippen molar-refractivity contribution in [2.75, 3.05) is 14.2 Å². The first-order valence-electron chi connectivity index (χ1n) is 8.30. The molecule has 4 heteroatoms. The highest BCUT2D eigenvalue weighted by atomic mass is 16.5. The lowest BCUT2D eigenvalue weighted by Crippen LogP contribution is -2.30. The summed E-state index contributed by atoms with van der Waals surface area (Å²) in [7, 11) is 3.26. The molecule has 0 spiro atoms. The fraction of sp³-hybridized carbons (Fsp3) is 0.286. The summed E-state index contributed by atoms with van der Waals surface area (Å²) in [5, 5.41) is 3.07. The van der Waals surface area contributed by atoms with Gasteiger partial charge in [0.2, 0.25) is 5.91 Å². The second kappa shape index (κ2) is 8.92. The lowest BCUT2D eigenvalue weighted by atomic mass is 9.96. The molecule has 0 saturated heterocycles. The molecule has 0 heterocycles. The van der Waals surface area contributed by atoms with Crippen molar-refractivity contribution in [3.8, 4) is 11.5 Å². The van der Waals surface area contributed by atoms with E-state index in [4.69, 9.17) is 9.47 Å². The Morgan fingerprint density at radius 3 is 2.28 bits per heavy atom. The van der Waals surface area contributed by atoms with E-state index in [0.717, 1.165) is 22.6 Å². The molecule has 2 rings (SSSR count). The van der Waals surface area contributed by atoms with Gasteiger partial charge in [0.25, 0.3) is 0 Å². The van der Waals surface area contributed by atoms with Crippen molar-refractivity contribution < 1.29 is 14.3 Å². The van der Waals surface area contributed by atoms with E-state index < -0.39 is 0 Å². The normalized spacial score (nSPS) is 12.2. The Morgan fingerprint density at radius 1 is 1.00 bits per heavy atom. The van der Waals surface area contributed by atoms with Crippen LogP contribution in [-0.4, -0.2) is 20.1 Å². The maximum Gasteiger partial charge on any atom is 0.244 e. The van der Waals surface area contributed by atoms with Crippen molar-refractivity contribution >= 4 is 12.0 Å². The molecule has 1 atom stereocenters. The average molecular weight is 339 g/mol. The molecule has 132 valence electrons. The summed E-state index contributed by atoms with van der Waals surface area (Å²) in [5.74, 6) is 1.70. The van der Waals surface area contributed by atoms with Crippen LogP contribution < -0.4 is 14.8 Å². The molecule has 0 fully saturated rings.